The maximum Gasteiger partial charge on any atom is 0.312 e. The van der Waals surface area contributed by atoms with Crippen molar-refractivity contribution in [1.29, 1.82) is 0 Å². The van der Waals surface area contributed by atoms with Crippen LogP contribution in [-0.2, 0) is 11.2 Å². The minimum Gasteiger partial charge on any atom is -0.449 e. The van der Waals surface area contributed by atoms with Gasteiger partial charge in [-0.15, -0.1) is 0 Å². The largest absolute Gasteiger partial charge is 0.449 e. The van der Waals surface area contributed by atoms with Crippen molar-refractivity contribution in [2.45, 2.75) is 64.8 Å². The quantitative estimate of drug-likeness (QED) is 0.455. The summed E-state index contributed by atoms with van der Waals surface area (Å²) in [5.74, 6) is -0.840. The summed E-state index contributed by atoms with van der Waals surface area (Å²) >= 11 is 0. The zero-order valence-corrected chi connectivity index (χ0v) is 18.6. The van der Waals surface area contributed by atoms with Gasteiger partial charge in [0.15, 0.2) is 0 Å². The summed E-state index contributed by atoms with van der Waals surface area (Å²) in [5, 5.41) is 16.4. The van der Waals surface area contributed by atoms with E-state index in [-0.39, 0.29) is 17.5 Å². The van der Waals surface area contributed by atoms with E-state index < -0.39 is 18.9 Å². The van der Waals surface area contributed by atoms with Crippen molar-refractivity contribution < 1.29 is 14.6 Å². The lowest BCUT2D eigenvalue weighted by Gasteiger charge is -2.26. The smallest absolute Gasteiger partial charge is 0.312 e. The van der Waals surface area contributed by atoms with Gasteiger partial charge in [-0.25, -0.2) is 4.98 Å². The molecule has 0 spiro atoms. The first-order chi connectivity index (χ1) is 14.9. The van der Waals surface area contributed by atoms with Crippen LogP contribution < -0.4 is 10.6 Å². The maximum absolute atomic E-state index is 13.2. The average molecular weight is 424 g/mol. The summed E-state index contributed by atoms with van der Waals surface area (Å²) in [6.07, 6.45) is 7.77. The van der Waals surface area contributed by atoms with E-state index in [4.69, 9.17) is 0 Å². The van der Waals surface area contributed by atoms with Crippen molar-refractivity contribution in [3.05, 3.63) is 60.2 Å². The number of hydrogen-bond donors (Lipinski definition) is 3. The van der Waals surface area contributed by atoms with E-state index in [1.165, 1.54) is 18.6 Å². The van der Waals surface area contributed by atoms with Gasteiger partial charge in [0.25, 0.3) is 5.91 Å². The Kier molecular flexibility index (Phi) is 10.2. The number of carbonyl (C=O) groups is 2. The monoisotopic (exact) mass is 424 g/mol. The lowest BCUT2D eigenvalue weighted by Crippen LogP contribution is -2.55. The van der Waals surface area contributed by atoms with Gasteiger partial charge in [0.2, 0.25) is 5.91 Å². The molecule has 2 atom stereocenters. The van der Waals surface area contributed by atoms with Crippen LogP contribution in [0.2, 0.25) is 6.32 Å². The van der Waals surface area contributed by atoms with E-state index >= 15 is 0 Å². The molecule has 0 aliphatic rings. The number of amides is 2. The van der Waals surface area contributed by atoms with Crippen molar-refractivity contribution in [1.82, 2.24) is 20.6 Å². The van der Waals surface area contributed by atoms with Crippen LogP contribution >= 0.6 is 0 Å². The number of nitrogens with zero attached hydrogens (tertiary/aromatic N) is 2. The maximum atomic E-state index is 13.2. The second-order valence-corrected chi connectivity index (χ2v) is 8.26. The topological polar surface area (TPSA) is 104 Å². The normalized spacial score (nSPS) is 12.8. The third-order valence-electron chi connectivity index (χ3n) is 5.07. The van der Waals surface area contributed by atoms with E-state index in [2.05, 4.69) is 41.4 Å². The van der Waals surface area contributed by atoms with Crippen LogP contribution in [0, 0.1) is 5.92 Å². The Morgan fingerprint density at radius 3 is 2.48 bits per heavy atom. The first kappa shape index (κ1) is 24.5. The average Bonchev–Trinajstić information content (AvgIpc) is 2.77. The minimum atomic E-state index is -0.801. The third kappa shape index (κ3) is 8.49. The van der Waals surface area contributed by atoms with Crippen molar-refractivity contribution >= 4 is 18.7 Å². The molecule has 1 aromatic carbocycles. The molecule has 2 aromatic rings. The summed E-state index contributed by atoms with van der Waals surface area (Å²) in [6.45, 7) is 5.56. The second-order valence-electron chi connectivity index (χ2n) is 8.26. The highest BCUT2D eigenvalue weighted by atomic mass is 16.2. The molecular weight excluding hydrogens is 391 g/mol. The Morgan fingerprint density at radius 2 is 1.87 bits per heavy atom. The van der Waals surface area contributed by atoms with Crippen molar-refractivity contribution in [2.75, 3.05) is 0 Å². The number of benzene rings is 1. The molecule has 0 aliphatic heterocycles. The Labute approximate surface area is 185 Å². The van der Waals surface area contributed by atoms with Crippen LogP contribution in [0.15, 0.2) is 48.9 Å². The third-order valence-corrected chi connectivity index (χ3v) is 5.07. The molecule has 2 rings (SSSR count). The molecule has 0 radical (unpaired) electrons. The SMILES string of the molecule is CCCCB(O)[C@H](CC(C)C)NC(=O)[C@H](Cc1ccccc1)NC(=O)c1cnccn1. The zero-order chi connectivity index (χ0) is 22.6. The number of rotatable bonds is 12. The highest BCUT2D eigenvalue weighted by molar-refractivity contribution is 6.52. The summed E-state index contributed by atoms with van der Waals surface area (Å²) in [4.78, 5) is 33.8. The fourth-order valence-corrected chi connectivity index (χ4v) is 3.43. The molecule has 0 unspecified atom stereocenters. The lowest BCUT2D eigenvalue weighted by molar-refractivity contribution is -0.123. The van der Waals surface area contributed by atoms with E-state index in [0.29, 0.717) is 25.1 Å². The van der Waals surface area contributed by atoms with Crippen molar-refractivity contribution in [3.8, 4) is 0 Å². The van der Waals surface area contributed by atoms with Gasteiger partial charge in [-0.05, 0) is 24.2 Å². The van der Waals surface area contributed by atoms with E-state index in [1.807, 2.05) is 30.3 Å². The second kappa shape index (κ2) is 12.8. The molecule has 3 N–H and O–H groups in total. The zero-order valence-electron chi connectivity index (χ0n) is 18.6. The van der Waals surface area contributed by atoms with Crippen LogP contribution in [0.1, 0.15) is 56.1 Å². The number of hydrogen-bond acceptors (Lipinski definition) is 5. The molecule has 166 valence electrons. The van der Waals surface area contributed by atoms with Gasteiger partial charge in [0.05, 0.1) is 6.20 Å². The predicted molar refractivity (Wildman–Crippen MR) is 123 cm³/mol. The molecule has 31 heavy (non-hydrogen) atoms. The Balaban J connectivity index is 2.17. The summed E-state index contributed by atoms with van der Waals surface area (Å²) in [6, 6.07) is 8.71. The number of nitrogens with one attached hydrogen (secondary N) is 2. The van der Waals surface area contributed by atoms with Crippen LogP contribution in [0.25, 0.3) is 0 Å². The van der Waals surface area contributed by atoms with Crippen molar-refractivity contribution in [3.63, 3.8) is 0 Å². The van der Waals surface area contributed by atoms with Crippen LogP contribution in [0.5, 0.6) is 0 Å². The highest BCUT2D eigenvalue weighted by Gasteiger charge is 2.30. The fraction of sp³-hybridized carbons (Fsp3) is 0.478. The standard InChI is InChI=1S/C23H33BN4O3/c1-4-5-11-24(31)21(14-17(2)3)28-22(29)19(15-18-9-7-6-8-10-18)27-23(30)20-16-25-12-13-26-20/h6-10,12-13,16-17,19,21,31H,4-5,11,14-15H2,1-3H3,(H,27,30)(H,28,29)/t19-,21-/m0/s1. The van der Waals surface area contributed by atoms with Crippen LogP contribution in [0.3, 0.4) is 0 Å². The van der Waals surface area contributed by atoms with Crippen LogP contribution in [-0.4, -0.2) is 45.7 Å². The molecule has 8 heteroatoms. The predicted octanol–water partition coefficient (Wildman–Crippen LogP) is 2.67. The first-order valence-electron chi connectivity index (χ1n) is 11.0. The highest BCUT2D eigenvalue weighted by Crippen LogP contribution is 2.13. The van der Waals surface area contributed by atoms with Crippen molar-refractivity contribution in [2.24, 2.45) is 5.92 Å². The molecule has 0 saturated heterocycles. The molecule has 0 saturated carbocycles. The van der Waals surface area contributed by atoms with Gasteiger partial charge >= 0.3 is 6.92 Å². The van der Waals surface area contributed by atoms with Gasteiger partial charge in [0.1, 0.15) is 11.7 Å². The lowest BCUT2D eigenvalue weighted by atomic mass is 9.55. The molecule has 7 nitrogen and oxygen atoms in total. The van der Waals surface area contributed by atoms with Gasteiger partial charge in [-0.3, -0.25) is 14.6 Å². The summed E-state index contributed by atoms with van der Waals surface area (Å²) in [7, 11) is 0. The first-order valence-corrected chi connectivity index (χ1v) is 11.0. The van der Waals surface area contributed by atoms with E-state index in [0.717, 1.165) is 18.4 Å². The molecule has 0 bridgehead atoms. The molecule has 1 aromatic heterocycles. The molecule has 0 aliphatic carbocycles. The molecule has 0 fully saturated rings. The molecule has 1 heterocycles. The Morgan fingerprint density at radius 1 is 1.13 bits per heavy atom. The molecular formula is C23H33BN4O3. The molecule has 2 amide bonds. The number of carbonyl (C=O) groups excluding carboxylic acids is 2. The minimum absolute atomic E-state index is 0.148. The fourth-order valence-electron chi connectivity index (χ4n) is 3.43. The van der Waals surface area contributed by atoms with Gasteiger partial charge in [-0.1, -0.05) is 63.9 Å². The van der Waals surface area contributed by atoms with Gasteiger partial charge in [0, 0.05) is 24.8 Å². The van der Waals surface area contributed by atoms with Crippen LogP contribution in [0.4, 0.5) is 0 Å². The van der Waals surface area contributed by atoms with Gasteiger partial charge < -0.3 is 15.7 Å². The Hall–Kier alpha value is -2.74. The number of aromatic nitrogens is 2. The number of unbranched alkanes of at least 4 members (excludes halogenated alkanes) is 1. The van der Waals surface area contributed by atoms with E-state index in [1.54, 1.807) is 0 Å². The Bertz CT molecular complexity index is 805. The summed E-state index contributed by atoms with van der Waals surface area (Å²) < 4.78 is 0. The van der Waals surface area contributed by atoms with Gasteiger partial charge in [-0.2, -0.15) is 0 Å². The summed E-state index contributed by atoms with van der Waals surface area (Å²) in [5.41, 5.74) is 1.07. The van der Waals surface area contributed by atoms with E-state index in [9.17, 15) is 14.6 Å².